The molecule has 6 nitrogen and oxygen atoms in total. The number of esters is 3. The SMILES string of the molecule is CCCCCC/C=C\C/C=C\CCCCCCCCCC(=O)OC(COC(=O)CCCCCCCCC/C=C\CCCCCCCCC)COC(=O)CCCCCCCCCCCCCCCCCCC/C=C\CCCCCCCCCC. The highest BCUT2D eigenvalue weighted by Crippen LogP contribution is 2.18. The molecule has 0 aliphatic carbocycles. The minimum atomic E-state index is -0.780. The Kier molecular flexibility index (Phi) is 69.6. The van der Waals surface area contributed by atoms with E-state index in [2.05, 4.69) is 69.4 Å². The largest absolute Gasteiger partial charge is 0.462 e. The molecule has 0 rings (SSSR count). The van der Waals surface area contributed by atoms with Gasteiger partial charge in [-0.15, -0.1) is 0 Å². The topological polar surface area (TPSA) is 78.9 Å². The molecule has 0 aromatic carbocycles. The van der Waals surface area contributed by atoms with E-state index >= 15 is 0 Å². The van der Waals surface area contributed by atoms with E-state index in [0.717, 1.165) is 70.6 Å². The van der Waals surface area contributed by atoms with Gasteiger partial charge in [-0.25, -0.2) is 0 Å². The van der Waals surface area contributed by atoms with Crippen molar-refractivity contribution in [3.8, 4) is 0 Å². The van der Waals surface area contributed by atoms with Crippen LogP contribution in [0.1, 0.15) is 406 Å². The van der Waals surface area contributed by atoms with Crippen LogP contribution in [0.2, 0.25) is 0 Å². The first kappa shape index (κ1) is 80.4. The highest BCUT2D eigenvalue weighted by Gasteiger charge is 2.19. The molecule has 0 aliphatic heterocycles. The zero-order chi connectivity index (χ0) is 59.9. The number of unbranched alkanes of at least 4 members (excludes halogenated alkanes) is 50. The van der Waals surface area contributed by atoms with E-state index in [1.807, 2.05) is 0 Å². The number of hydrogen-bond acceptors (Lipinski definition) is 6. The molecule has 0 radical (unpaired) electrons. The molecule has 0 N–H and O–H groups in total. The maximum Gasteiger partial charge on any atom is 0.306 e. The fourth-order valence-corrected chi connectivity index (χ4v) is 11.2. The normalized spacial score (nSPS) is 12.3. The third-order valence-corrected chi connectivity index (χ3v) is 16.8. The van der Waals surface area contributed by atoms with Crippen LogP contribution in [0, 0.1) is 0 Å². The van der Waals surface area contributed by atoms with Crippen LogP contribution >= 0.6 is 0 Å². The van der Waals surface area contributed by atoms with Crippen molar-refractivity contribution in [2.75, 3.05) is 13.2 Å². The van der Waals surface area contributed by atoms with Gasteiger partial charge in [0.2, 0.25) is 0 Å². The van der Waals surface area contributed by atoms with E-state index in [1.54, 1.807) is 0 Å². The number of hydrogen-bond donors (Lipinski definition) is 0. The molecule has 486 valence electrons. The van der Waals surface area contributed by atoms with Crippen LogP contribution in [0.3, 0.4) is 0 Å². The Morgan fingerprint density at radius 3 is 0.687 bits per heavy atom. The van der Waals surface area contributed by atoms with Gasteiger partial charge in [0.1, 0.15) is 13.2 Å². The standard InChI is InChI=1S/C77H142O6/c1-4-7-10-13-16-19-22-25-28-31-34-35-36-37-38-39-40-41-42-43-44-47-49-52-55-58-61-64-67-70-76(79)82-73-74(83-77(80)71-68-65-62-59-56-53-50-46-33-30-27-24-21-18-15-12-9-6-3)72-81-75(78)69-66-63-60-57-54-51-48-45-32-29-26-23-20-17-14-11-8-5-2/h21,24,29-34,74H,4-20,22-23,25-28,35-73H2,1-3H3/b24-21-,32-29-,33-30-,34-31-. The van der Waals surface area contributed by atoms with Crippen molar-refractivity contribution in [2.24, 2.45) is 0 Å². The molecule has 6 heteroatoms. The second kappa shape index (κ2) is 71.8. The monoisotopic (exact) mass is 1160 g/mol. The summed E-state index contributed by atoms with van der Waals surface area (Å²) in [7, 11) is 0. The first-order valence-electron chi connectivity index (χ1n) is 37.1. The van der Waals surface area contributed by atoms with Crippen LogP contribution in [-0.4, -0.2) is 37.2 Å². The smallest absolute Gasteiger partial charge is 0.306 e. The van der Waals surface area contributed by atoms with Gasteiger partial charge in [-0.3, -0.25) is 14.4 Å². The van der Waals surface area contributed by atoms with Crippen molar-refractivity contribution in [1.29, 1.82) is 0 Å². The Morgan fingerprint density at radius 2 is 0.434 bits per heavy atom. The number of ether oxygens (including phenoxy) is 3. The van der Waals surface area contributed by atoms with Crippen LogP contribution in [-0.2, 0) is 28.6 Å². The van der Waals surface area contributed by atoms with Gasteiger partial charge < -0.3 is 14.2 Å². The summed E-state index contributed by atoms with van der Waals surface area (Å²) in [5.41, 5.74) is 0. The highest BCUT2D eigenvalue weighted by molar-refractivity contribution is 5.71. The quantitative estimate of drug-likeness (QED) is 0.0261. The van der Waals surface area contributed by atoms with Crippen molar-refractivity contribution in [1.82, 2.24) is 0 Å². The van der Waals surface area contributed by atoms with Crippen molar-refractivity contribution < 1.29 is 28.6 Å². The van der Waals surface area contributed by atoms with Crippen molar-refractivity contribution in [3.63, 3.8) is 0 Å². The molecular formula is C77H142O6. The molecule has 0 aliphatic rings. The van der Waals surface area contributed by atoms with E-state index in [9.17, 15) is 14.4 Å². The summed E-state index contributed by atoms with van der Waals surface area (Å²) in [4.78, 5) is 38.5. The Morgan fingerprint density at radius 1 is 0.241 bits per heavy atom. The van der Waals surface area contributed by atoms with E-state index in [4.69, 9.17) is 14.2 Å². The molecule has 0 amide bonds. The minimum absolute atomic E-state index is 0.0738. The molecule has 0 aromatic heterocycles. The van der Waals surface area contributed by atoms with Gasteiger partial charge in [-0.05, 0) is 103 Å². The second-order valence-electron chi connectivity index (χ2n) is 25.2. The molecule has 0 spiro atoms. The third-order valence-electron chi connectivity index (χ3n) is 16.8. The van der Waals surface area contributed by atoms with Gasteiger partial charge in [0.05, 0.1) is 0 Å². The lowest BCUT2D eigenvalue weighted by atomic mass is 10.0. The highest BCUT2D eigenvalue weighted by atomic mass is 16.6. The van der Waals surface area contributed by atoms with Gasteiger partial charge in [-0.2, -0.15) is 0 Å². The Bertz CT molecular complexity index is 1430. The second-order valence-corrected chi connectivity index (χ2v) is 25.2. The molecular weight excluding hydrogens is 1020 g/mol. The fraction of sp³-hybridized carbons (Fsp3) is 0.857. The average molecular weight is 1160 g/mol. The van der Waals surface area contributed by atoms with Gasteiger partial charge in [-0.1, -0.05) is 333 Å². The summed E-state index contributed by atoms with van der Waals surface area (Å²) in [6.45, 7) is 6.68. The molecule has 0 saturated heterocycles. The molecule has 0 saturated carbocycles. The number of carbonyl (C=O) groups excluding carboxylic acids is 3. The Labute approximate surface area is 518 Å². The molecule has 83 heavy (non-hydrogen) atoms. The molecule has 0 bridgehead atoms. The van der Waals surface area contributed by atoms with Crippen LogP contribution < -0.4 is 0 Å². The first-order chi connectivity index (χ1) is 41.0. The summed E-state index contributed by atoms with van der Waals surface area (Å²) in [6.07, 6.45) is 91.5. The molecule has 1 unspecified atom stereocenters. The Balaban J connectivity index is 4.25. The zero-order valence-electron chi connectivity index (χ0n) is 56.0. The summed E-state index contributed by atoms with van der Waals surface area (Å²) in [5, 5.41) is 0. The van der Waals surface area contributed by atoms with E-state index < -0.39 is 6.10 Å². The maximum absolute atomic E-state index is 13.0. The first-order valence-corrected chi connectivity index (χ1v) is 37.1. The molecule has 0 fully saturated rings. The summed E-state index contributed by atoms with van der Waals surface area (Å²) < 4.78 is 17.0. The lowest BCUT2D eigenvalue weighted by Crippen LogP contribution is -2.30. The third kappa shape index (κ3) is 70.0. The predicted octanol–water partition coefficient (Wildman–Crippen LogP) is 25.7. The van der Waals surface area contributed by atoms with Crippen LogP contribution in [0.4, 0.5) is 0 Å². The van der Waals surface area contributed by atoms with Crippen molar-refractivity contribution in [2.45, 2.75) is 412 Å². The lowest BCUT2D eigenvalue weighted by Gasteiger charge is -2.18. The van der Waals surface area contributed by atoms with Gasteiger partial charge in [0, 0.05) is 19.3 Å². The summed E-state index contributed by atoms with van der Waals surface area (Å²) in [5.74, 6) is -0.858. The van der Waals surface area contributed by atoms with Crippen LogP contribution in [0.5, 0.6) is 0 Å². The van der Waals surface area contributed by atoms with E-state index in [-0.39, 0.29) is 31.1 Å². The maximum atomic E-state index is 13.0. The van der Waals surface area contributed by atoms with E-state index in [0.29, 0.717) is 19.3 Å². The van der Waals surface area contributed by atoms with E-state index in [1.165, 1.54) is 295 Å². The summed E-state index contributed by atoms with van der Waals surface area (Å²) >= 11 is 0. The van der Waals surface area contributed by atoms with Crippen molar-refractivity contribution >= 4 is 17.9 Å². The van der Waals surface area contributed by atoms with Gasteiger partial charge in [0.15, 0.2) is 6.10 Å². The summed E-state index contributed by atoms with van der Waals surface area (Å²) in [6, 6.07) is 0. The molecule has 0 heterocycles. The lowest BCUT2D eigenvalue weighted by molar-refractivity contribution is -0.167. The number of rotatable bonds is 69. The minimum Gasteiger partial charge on any atom is -0.462 e. The predicted molar refractivity (Wildman–Crippen MR) is 362 cm³/mol. The van der Waals surface area contributed by atoms with Crippen LogP contribution in [0.15, 0.2) is 48.6 Å². The van der Waals surface area contributed by atoms with Crippen molar-refractivity contribution in [3.05, 3.63) is 48.6 Å². The Hall–Kier alpha value is -2.63. The molecule has 0 aromatic rings. The number of carbonyl (C=O) groups is 3. The van der Waals surface area contributed by atoms with Crippen LogP contribution in [0.25, 0.3) is 0 Å². The van der Waals surface area contributed by atoms with Gasteiger partial charge in [0.25, 0.3) is 0 Å². The number of allylic oxidation sites excluding steroid dienone is 8. The molecule has 1 atom stereocenters. The fourth-order valence-electron chi connectivity index (χ4n) is 11.2. The zero-order valence-corrected chi connectivity index (χ0v) is 56.0. The van der Waals surface area contributed by atoms with Gasteiger partial charge >= 0.3 is 17.9 Å². The average Bonchev–Trinajstić information content (AvgIpc) is 3.50.